The van der Waals surface area contributed by atoms with E-state index in [1.165, 1.54) is 5.57 Å². The molecule has 13 heavy (non-hydrogen) atoms. The third-order valence-corrected chi connectivity index (χ3v) is 1.95. The van der Waals surface area contributed by atoms with E-state index in [1.54, 1.807) is 0 Å². The Morgan fingerprint density at radius 3 is 2.62 bits per heavy atom. The second-order valence-corrected chi connectivity index (χ2v) is 2.92. The summed E-state index contributed by atoms with van der Waals surface area (Å²) in [5, 5.41) is 3.11. The molecule has 0 aliphatic heterocycles. The Kier molecular flexibility index (Phi) is 6.79. The largest absolute Gasteiger partial charge is 0.315 e. The Labute approximate surface area is 80.9 Å². The Morgan fingerprint density at radius 2 is 2.15 bits per heavy atom. The van der Waals surface area contributed by atoms with Crippen LogP contribution in [0.15, 0.2) is 35.1 Å². The van der Waals surface area contributed by atoms with E-state index in [0.29, 0.717) is 5.92 Å². The van der Waals surface area contributed by atoms with Crippen molar-refractivity contribution in [2.75, 3.05) is 13.6 Å². The first-order chi connectivity index (χ1) is 6.26. The molecule has 1 N–H and O–H groups in total. The van der Waals surface area contributed by atoms with Crippen molar-refractivity contribution in [3.63, 3.8) is 0 Å². The minimum atomic E-state index is 0.534. The first-order valence-electron chi connectivity index (χ1n) is 4.54. The zero-order valence-corrected chi connectivity index (χ0v) is 8.70. The standard InChI is InChI=1S/C12H17N/c1-5-7-8-9-12(10-13-4)11(3)6-2/h11,13H,1,6,10H2,2-4H3. The van der Waals surface area contributed by atoms with E-state index in [2.05, 4.69) is 48.7 Å². The molecule has 1 unspecified atom stereocenters. The summed E-state index contributed by atoms with van der Waals surface area (Å²) >= 11 is 0. The lowest BCUT2D eigenvalue weighted by Crippen LogP contribution is -2.14. The first kappa shape index (κ1) is 11.8. The van der Waals surface area contributed by atoms with Crippen LogP contribution < -0.4 is 5.32 Å². The zero-order valence-electron chi connectivity index (χ0n) is 8.70. The van der Waals surface area contributed by atoms with Crippen molar-refractivity contribution in [1.82, 2.24) is 5.32 Å². The average molecular weight is 175 g/mol. The minimum Gasteiger partial charge on any atom is -0.315 e. The molecule has 0 saturated carbocycles. The number of hydrogen-bond acceptors (Lipinski definition) is 1. The summed E-state index contributed by atoms with van der Waals surface area (Å²) in [5.41, 5.74) is 12.2. The van der Waals surface area contributed by atoms with Crippen molar-refractivity contribution >= 4 is 0 Å². The molecule has 0 aliphatic rings. The Hall–Kier alpha value is -1.18. The van der Waals surface area contributed by atoms with E-state index in [4.69, 9.17) is 0 Å². The molecule has 0 aliphatic carbocycles. The quantitative estimate of drug-likeness (QED) is 0.647. The van der Waals surface area contributed by atoms with Crippen molar-refractivity contribution in [3.8, 4) is 0 Å². The van der Waals surface area contributed by atoms with Crippen LogP contribution in [-0.2, 0) is 0 Å². The van der Waals surface area contributed by atoms with Crippen LogP contribution >= 0.6 is 0 Å². The predicted molar refractivity (Wildman–Crippen MR) is 56.6 cm³/mol. The summed E-state index contributed by atoms with van der Waals surface area (Å²) in [7, 11) is 1.93. The fourth-order valence-corrected chi connectivity index (χ4v) is 0.934. The van der Waals surface area contributed by atoms with E-state index >= 15 is 0 Å². The van der Waals surface area contributed by atoms with Gasteiger partial charge < -0.3 is 5.32 Å². The lowest BCUT2D eigenvalue weighted by atomic mass is 9.99. The molecule has 0 amide bonds. The number of nitrogens with one attached hydrogen (secondary N) is 1. The fraction of sp³-hybridized carbons (Fsp3) is 0.500. The van der Waals surface area contributed by atoms with E-state index in [9.17, 15) is 0 Å². The van der Waals surface area contributed by atoms with Crippen LogP contribution in [0.2, 0.25) is 0 Å². The van der Waals surface area contributed by atoms with Gasteiger partial charge in [0.2, 0.25) is 0 Å². The maximum atomic E-state index is 3.41. The summed E-state index contributed by atoms with van der Waals surface area (Å²) in [6, 6.07) is 0. The van der Waals surface area contributed by atoms with E-state index in [-0.39, 0.29) is 0 Å². The number of hydrogen-bond donors (Lipinski definition) is 1. The smallest absolute Gasteiger partial charge is 0.0246 e. The molecule has 0 aromatic carbocycles. The minimum absolute atomic E-state index is 0.534. The van der Waals surface area contributed by atoms with Gasteiger partial charge in [0.05, 0.1) is 0 Å². The van der Waals surface area contributed by atoms with Crippen molar-refractivity contribution < 1.29 is 0 Å². The van der Waals surface area contributed by atoms with Gasteiger partial charge in [-0.05, 0) is 43.0 Å². The van der Waals surface area contributed by atoms with Crippen LogP contribution in [0, 0.1) is 5.92 Å². The van der Waals surface area contributed by atoms with Crippen molar-refractivity contribution in [2.24, 2.45) is 5.92 Å². The molecule has 0 aromatic rings. The maximum absolute atomic E-state index is 3.41. The molecular weight excluding hydrogens is 158 g/mol. The van der Waals surface area contributed by atoms with Crippen molar-refractivity contribution in [1.29, 1.82) is 0 Å². The summed E-state index contributed by atoms with van der Waals surface area (Å²) in [4.78, 5) is 0. The Morgan fingerprint density at radius 1 is 1.46 bits per heavy atom. The average Bonchev–Trinajstić information content (AvgIpc) is 2.16. The van der Waals surface area contributed by atoms with Crippen LogP contribution in [0.4, 0.5) is 0 Å². The summed E-state index contributed by atoms with van der Waals surface area (Å²) < 4.78 is 0. The monoisotopic (exact) mass is 175 g/mol. The fourth-order valence-electron chi connectivity index (χ4n) is 0.934. The van der Waals surface area contributed by atoms with Crippen molar-refractivity contribution in [3.05, 3.63) is 35.1 Å². The lowest BCUT2D eigenvalue weighted by molar-refractivity contribution is 0.625. The highest BCUT2D eigenvalue weighted by Crippen LogP contribution is 2.11. The normalized spacial score (nSPS) is 10.4. The Balaban J connectivity index is 4.90. The SMILES string of the molecule is C=C=C=C=C=C(CNC)C(C)CC. The van der Waals surface area contributed by atoms with Crippen LogP contribution in [0.5, 0.6) is 0 Å². The molecule has 1 nitrogen and oxygen atoms in total. The van der Waals surface area contributed by atoms with Gasteiger partial charge in [0, 0.05) is 6.54 Å². The molecule has 0 heterocycles. The van der Waals surface area contributed by atoms with Gasteiger partial charge in [-0.2, -0.15) is 0 Å². The van der Waals surface area contributed by atoms with Gasteiger partial charge in [-0.15, -0.1) is 0 Å². The second-order valence-electron chi connectivity index (χ2n) is 2.92. The third kappa shape index (κ3) is 5.12. The van der Waals surface area contributed by atoms with Crippen LogP contribution in [-0.4, -0.2) is 13.6 Å². The Bertz CT molecular complexity index is 289. The highest BCUT2D eigenvalue weighted by Gasteiger charge is 2.03. The van der Waals surface area contributed by atoms with E-state index in [1.807, 2.05) is 7.05 Å². The highest BCUT2D eigenvalue weighted by molar-refractivity contribution is 5.06. The van der Waals surface area contributed by atoms with Gasteiger partial charge in [-0.3, -0.25) is 0 Å². The predicted octanol–water partition coefficient (Wildman–Crippen LogP) is 2.43. The first-order valence-corrected chi connectivity index (χ1v) is 4.54. The molecule has 1 atom stereocenters. The molecule has 70 valence electrons. The molecule has 1 heteroatoms. The molecule has 0 aromatic heterocycles. The molecule has 0 fully saturated rings. The number of rotatable bonds is 4. The molecule has 0 radical (unpaired) electrons. The molecule has 0 saturated heterocycles. The van der Waals surface area contributed by atoms with Crippen molar-refractivity contribution in [2.45, 2.75) is 20.3 Å². The summed E-state index contributed by atoms with van der Waals surface area (Å²) in [6.45, 7) is 8.59. The van der Waals surface area contributed by atoms with E-state index < -0.39 is 0 Å². The zero-order chi connectivity index (χ0) is 10.1. The van der Waals surface area contributed by atoms with E-state index in [0.717, 1.165) is 13.0 Å². The molecule has 0 bridgehead atoms. The highest BCUT2D eigenvalue weighted by atomic mass is 14.8. The van der Waals surface area contributed by atoms with Crippen LogP contribution in [0.1, 0.15) is 20.3 Å². The maximum Gasteiger partial charge on any atom is 0.0246 e. The van der Waals surface area contributed by atoms with Crippen LogP contribution in [0.3, 0.4) is 0 Å². The second kappa shape index (κ2) is 7.47. The summed E-state index contributed by atoms with van der Waals surface area (Å²) in [5.74, 6) is 0.534. The molecule has 0 rings (SSSR count). The third-order valence-electron chi connectivity index (χ3n) is 1.95. The van der Waals surface area contributed by atoms with Gasteiger partial charge in [0.15, 0.2) is 0 Å². The molecular formula is C12H17N. The summed E-state index contributed by atoms with van der Waals surface area (Å²) in [6.07, 6.45) is 1.11. The molecule has 0 spiro atoms. The topological polar surface area (TPSA) is 12.0 Å². The van der Waals surface area contributed by atoms with Gasteiger partial charge in [0.25, 0.3) is 0 Å². The van der Waals surface area contributed by atoms with Gasteiger partial charge in [0.1, 0.15) is 0 Å². The number of likely N-dealkylation sites (N-methyl/N-ethyl adjacent to an activating group) is 1. The lowest BCUT2D eigenvalue weighted by Gasteiger charge is -2.09. The van der Waals surface area contributed by atoms with Gasteiger partial charge >= 0.3 is 0 Å². The van der Waals surface area contributed by atoms with Crippen LogP contribution in [0.25, 0.3) is 0 Å². The van der Waals surface area contributed by atoms with Gasteiger partial charge in [-0.25, -0.2) is 0 Å². The van der Waals surface area contributed by atoms with Gasteiger partial charge in [-0.1, -0.05) is 25.3 Å².